The average molecular weight is 382 g/mol. The first kappa shape index (κ1) is 18.8. The van der Waals surface area contributed by atoms with E-state index in [0.717, 1.165) is 21.8 Å². The third-order valence-electron chi connectivity index (χ3n) is 4.19. The number of nitrogens with zero attached hydrogens (tertiary/aromatic N) is 2. The summed E-state index contributed by atoms with van der Waals surface area (Å²) < 4.78 is 1.90. The van der Waals surface area contributed by atoms with E-state index in [-0.39, 0.29) is 11.9 Å². The van der Waals surface area contributed by atoms with Gasteiger partial charge in [0, 0.05) is 22.2 Å². The molecule has 0 aliphatic rings. The molecule has 7 heteroatoms. The molecule has 3 rings (SSSR count). The van der Waals surface area contributed by atoms with Crippen molar-refractivity contribution in [1.29, 1.82) is 0 Å². The van der Waals surface area contributed by atoms with E-state index in [1.54, 1.807) is 12.1 Å². The standard InChI is InChI=1S/C20H22N4O2S/c1-12-9-14(3)24(23-12)11-13(2)22-20(26)16-6-4-5-15(10-16)17-7-8-18(27-17)19(21)25/h4-10,13H,11H2,1-3H3,(H2,21,25)(H,22,26)/t13-/m1/s1. The lowest BCUT2D eigenvalue weighted by atomic mass is 10.1. The summed E-state index contributed by atoms with van der Waals surface area (Å²) in [6, 6.07) is 12.8. The predicted octanol–water partition coefficient (Wildman–Crippen LogP) is 3.15. The van der Waals surface area contributed by atoms with Crippen molar-refractivity contribution in [3.63, 3.8) is 0 Å². The average Bonchev–Trinajstić information content (AvgIpc) is 3.22. The number of nitrogens with one attached hydrogen (secondary N) is 1. The molecule has 2 heterocycles. The van der Waals surface area contributed by atoms with Crippen molar-refractivity contribution in [3.05, 3.63) is 64.3 Å². The smallest absolute Gasteiger partial charge is 0.258 e. The lowest BCUT2D eigenvalue weighted by molar-refractivity contribution is 0.0935. The van der Waals surface area contributed by atoms with E-state index in [0.29, 0.717) is 17.0 Å². The summed E-state index contributed by atoms with van der Waals surface area (Å²) in [7, 11) is 0. The second-order valence-corrected chi connectivity index (χ2v) is 7.68. The Hall–Kier alpha value is -2.93. The normalized spacial score (nSPS) is 12.0. The molecule has 140 valence electrons. The van der Waals surface area contributed by atoms with Crippen molar-refractivity contribution < 1.29 is 9.59 Å². The number of nitrogens with two attached hydrogens (primary N) is 1. The van der Waals surface area contributed by atoms with Gasteiger partial charge in [0.15, 0.2) is 0 Å². The Morgan fingerprint density at radius 3 is 2.63 bits per heavy atom. The van der Waals surface area contributed by atoms with Crippen LogP contribution in [0, 0.1) is 13.8 Å². The molecular formula is C20H22N4O2S. The maximum atomic E-state index is 12.6. The van der Waals surface area contributed by atoms with Crippen LogP contribution in [0.1, 0.15) is 38.3 Å². The zero-order valence-electron chi connectivity index (χ0n) is 15.5. The van der Waals surface area contributed by atoms with E-state index < -0.39 is 5.91 Å². The fourth-order valence-corrected chi connectivity index (χ4v) is 3.77. The number of primary amides is 1. The van der Waals surface area contributed by atoms with Crippen molar-refractivity contribution in [2.75, 3.05) is 0 Å². The molecule has 0 aliphatic heterocycles. The van der Waals surface area contributed by atoms with E-state index in [1.807, 2.05) is 55.8 Å². The van der Waals surface area contributed by atoms with Gasteiger partial charge in [0.25, 0.3) is 11.8 Å². The molecule has 0 bridgehead atoms. The number of carbonyl (C=O) groups excluding carboxylic acids is 2. The van der Waals surface area contributed by atoms with Crippen molar-refractivity contribution in [1.82, 2.24) is 15.1 Å². The molecule has 1 aromatic carbocycles. The third kappa shape index (κ3) is 4.43. The molecule has 0 spiro atoms. The summed E-state index contributed by atoms with van der Waals surface area (Å²) in [5, 5.41) is 7.44. The van der Waals surface area contributed by atoms with Gasteiger partial charge < -0.3 is 11.1 Å². The van der Waals surface area contributed by atoms with Crippen LogP contribution in [0.4, 0.5) is 0 Å². The molecule has 6 nitrogen and oxygen atoms in total. The number of carbonyl (C=O) groups is 2. The minimum Gasteiger partial charge on any atom is -0.365 e. The van der Waals surface area contributed by atoms with Gasteiger partial charge in [-0.3, -0.25) is 14.3 Å². The third-order valence-corrected chi connectivity index (χ3v) is 5.33. The van der Waals surface area contributed by atoms with Gasteiger partial charge in [0.1, 0.15) is 0 Å². The van der Waals surface area contributed by atoms with Gasteiger partial charge in [0.05, 0.1) is 17.1 Å². The Bertz CT molecular complexity index is 990. The maximum Gasteiger partial charge on any atom is 0.258 e. The molecular weight excluding hydrogens is 360 g/mol. The first-order chi connectivity index (χ1) is 12.8. The molecule has 27 heavy (non-hydrogen) atoms. The predicted molar refractivity (Wildman–Crippen MR) is 107 cm³/mol. The molecule has 0 aliphatic carbocycles. The molecule has 0 saturated heterocycles. The van der Waals surface area contributed by atoms with Crippen molar-refractivity contribution in [2.24, 2.45) is 5.73 Å². The number of aryl methyl sites for hydroxylation is 2. The summed E-state index contributed by atoms with van der Waals surface area (Å²) in [6.07, 6.45) is 0. The largest absolute Gasteiger partial charge is 0.365 e. The Morgan fingerprint density at radius 2 is 2.00 bits per heavy atom. The zero-order valence-corrected chi connectivity index (χ0v) is 16.3. The van der Waals surface area contributed by atoms with Crippen LogP contribution >= 0.6 is 11.3 Å². The summed E-state index contributed by atoms with van der Waals surface area (Å²) >= 11 is 1.32. The molecule has 2 amide bonds. The van der Waals surface area contributed by atoms with Crippen LogP contribution in [0.25, 0.3) is 10.4 Å². The van der Waals surface area contributed by atoms with Gasteiger partial charge in [-0.2, -0.15) is 5.10 Å². The number of aromatic nitrogens is 2. The van der Waals surface area contributed by atoms with Crippen LogP contribution in [0.5, 0.6) is 0 Å². The molecule has 0 fully saturated rings. The first-order valence-corrected chi connectivity index (χ1v) is 9.47. The van der Waals surface area contributed by atoms with Crippen molar-refractivity contribution in [2.45, 2.75) is 33.4 Å². The minimum atomic E-state index is -0.446. The maximum absolute atomic E-state index is 12.6. The lowest BCUT2D eigenvalue weighted by Gasteiger charge is -2.15. The highest BCUT2D eigenvalue weighted by Crippen LogP contribution is 2.28. The highest BCUT2D eigenvalue weighted by Gasteiger charge is 2.14. The van der Waals surface area contributed by atoms with Gasteiger partial charge in [-0.05, 0) is 56.7 Å². The number of hydrogen-bond acceptors (Lipinski definition) is 4. The Kier molecular flexibility index (Phi) is 5.41. The van der Waals surface area contributed by atoms with Crippen molar-refractivity contribution in [3.8, 4) is 10.4 Å². The Morgan fingerprint density at radius 1 is 1.22 bits per heavy atom. The molecule has 2 aromatic heterocycles. The zero-order chi connectivity index (χ0) is 19.6. The van der Waals surface area contributed by atoms with Gasteiger partial charge >= 0.3 is 0 Å². The van der Waals surface area contributed by atoms with Crippen LogP contribution in [-0.4, -0.2) is 27.6 Å². The second kappa shape index (κ2) is 7.75. The number of amides is 2. The fraction of sp³-hybridized carbons (Fsp3) is 0.250. The molecule has 3 N–H and O–H groups in total. The van der Waals surface area contributed by atoms with E-state index in [9.17, 15) is 9.59 Å². The first-order valence-electron chi connectivity index (χ1n) is 8.65. The summed E-state index contributed by atoms with van der Waals surface area (Å²) in [4.78, 5) is 25.3. The minimum absolute atomic E-state index is 0.0673. The van der Waals surface area contributed by atoms with Crippen LogP contribution in [-0.2, 0) is 6.54 Å². The SMILES string of the molecule is Cc1cc(C)n(C[C@@H](C)NC(=O)c2cccc(-c3ccc(C(N)=O)s3)c2)n1. The number of hydrogen-bond donors (Lipinski definition) is 2. The van der Waals surface area contributed by atoms with Gasteiger partial charge in [0.2, 0.25) is 0 Å². The van der Waals surface area contributed by atoms with E-state index >= 15 is 0 Å². The number of benzene rings is 1. The molecule has 0 unspecified atom stereocenters. The molecule has 0 saturated carbocycles. The van der Waals surface area contributed by atoms with Crippen LogP contribution in [0.2, 0.25) is 0 Å². The van der Waals surface area contributed by atoms with Gasteiger partial charge in [-0.25, -0.2) is 0 Å². The summed E-state index contributed by atoms with van der Waals surface area (Å²) in [5.41, 5.74) is 8.80. The van der Waals surface area contributed by atoms with E-state index in [1.165, 1.54) is 11.3 Å². The highest BCUT2D eigenvalue weighted by molar-refractivity contribution is 7.17. The van der Waals surface area contributed by atoms with Crippen LogP contribution in [0.3, 0.4) is 0 Å². The van der Waals surface area contributed by atoms with Gasteiger partial charge in [-0.1, -0.05) is 12.1 Å². The summed E-state index contributed by atoms with van der Waals surface area (Å²) in [6.45, 7) is 6.51. The number of thiophene rings is 1. The topological polar surface area (TPSA) is 90.0 Å². The molecule has 1 atom stereocenters. The molecule has 3 aromatic rings. The fourth-order valence-electron chi connectivity index (χ4n) is 2.91. The second-order valence-electron chi connectivity index (χ2n) is 6.59. The number of rotatable bonds is 6. The summed E-state index contributed by atoms with van der Waals surface area (Å²) in [5.74, 6) is -0.587. The van der Waals surface area contributed by atoms with E-state index in [4.69, 9.17) is 5.73 Å². The lowest BCUT2D eigenvalue weighted by Crippen LogP contribution is -2.36. The van der Waals surface area contributed by atoms with Crippen LogP contribution < -0.4 is 11.1 Å². The van der Waals surface area contributed by atoms with E-state index in [2.05, 4.69) is 10.4 Å². The molecule has 0 radical (unpaired) electrons. The Balaban J connectivity index is 1.71. The quantitative estimate of drug-likeness (QED) is 0.686. The van der Waals surface area contributed by atoms with Crippen molar-refractivity contribution >= 4 is 23.2 Å². The van der Waals surface area contributed by atoms with Crippen LogP contribution in [0.15, 0.2) is 42.5 Å². The Labute approximate surface area is 162 Å². The monoisotopic (exact) mass is 382 g/mol. The van der Waals surface area contributed by atoms with Gasteiger partial charge in [-0.15, -0.1) is 11.3 Å². The highest BCUT2D eigenvalue weighted by atomic mass is 32.1.